The minimum Gasteiger partial charge on any atom is -0.475 e. The van der Waals surface area contributed by atoms with Gasteiger partial charge in [-0.15, -0.1) is 10.2 Å². The molecule has 0 saturated heterocycles. The van der Waals surface area contributed by atoms with Crippen LogP contribution in [0.1, 0.15) is 18.5 Å². The van der Waals surface area contributed by atoms with E-state index in [1.165, 1.54) is 43.2 Å². The fourth-order valence-electron chi connectivity index (χ4n) is 2.42. The van der Waals surface area contributed by atoms with Gasteiger partial charge >= 0.3 is 11.6 Å². The number of carbonyl (C=O) groups is 1. The summed E-state index contributed by atoms with van der Waals surface area (Å²) in [6.45, 7) is 1.72. The molecule has 0 aliphatic heterocycles. The van der Waals surface area contributed by atoms with Crippen LogP contribution in [0.25, 0.3) is 0 Å². The van der Waals surface area contributed by atoms with Gasteiger partial charge in [-0.25, -0.2) is 18.7 Å². The molecular formula is C16H15ClFN7O4. The third-order valence-corrected chi connectivity index (χ3v) is 4.32. The van der Waals surface area contributed by atoms with Crippen LogP contribution in [0, 0.1) is 15.9 Å². The molecule has 1 unspecified atom stereocenters. The Hall–Kier alpha value is -3.54. The topological polar surface area (TPSA) is 130 Å². The summed E-state index contributed by atoms with van der Waals surface area (Å²) in [5.74, 6) is -1.17. The number of nitro groups is 1. The molecule has 11 nitrogen and oxygen atoms in total. The summed E-state index contributed by atoms with van der Waals surface area (Å²) in [4.78, 5) is 26.7. The first kappa shape index (κ1) is 20.2. The highest BCUT2D eigenvalue weighted by Gasteiger charge is 2.25. The predicted molar refractivity (Wildman–Crippen MR) is 99.3 cm³/mol. The number of aromatic nitrogens is 5. The molecule has 29 heavy (non-hydrogen) atoms. The molecule has 2 heterocycles. The van der Waals surface area contributed by atoms with Crippen molar-refractivity contribution in [2.45, 2.75) is 19.5 Å². The molecule has 1 amide bonds. The lowest BCUT2D eigenvalue weighted by atomic mass is 10.2. The van der Waals surface area contributed by atoms with E-state index in [-0.39, 0.29) is 29.1 Å². The molecule has 0 radical (unpaired) electrons. The number of hydrogen-bond acceptors (Lipinski definition) is 7. The van der Waals surface area contributed by atoms with E-state index in [0.717, 1.165) is 10.9 Å². The van der Waals surface area contributed by atoms with Gasteiger partial charge in [-0.3, -0.25) is 20.2 Å². The summed E-state index contributed by atoms with van der Waals surface area (Å²) in [7, 11) is 1.24. The summed E-state index contributed by atoms with van der Waals surface area (Å²) in [6.07, 6.45) is 2.48. The Morgan fingerprint density at radius 2 is 2.21 bits per heavy atom. The quantitative estimate of drug-likeness (QED) is 0.456. The second-order valence-corrected chi connectivity index (χ2v) is 6.33. The first-order valence-corrected chi connectivity index (χ1v) is 8.58. The van der Waals surface area contributed by atoms with E-state index in [0.29, 0.717) is 5.56 Å². The van der Waals surface area contributed by atoms with E-state index in [2.05, 4.69) is 20.5 Å². The Balaban J connectivity index is 1.69. The molecule has 13 heteroatoms. The first-order valence-electron chi connectivity index (χ1n) is 8.20. The summed E-state index contributed by atoms with van der Waals surface area (Å²) >= 11 is 5.99. The number of amides is 1. The first-order chi connectivity index (χ1) is 13.8. The average molecular weight is 424 g/mol. The van der Waals surface area contributed by atoms with Gasteiger partial charge in [0, 0.05) is 5.02 Å². The maximum Gasteiger partial charge on any atom is 0.350 e. The van der Waals surface area contributed by atoms with Crippen molar-refractivity contribution in [2.24, 2.45) is 0 Å². The highest BCUT2D eigenvalue weighted by Crippen LogP contribution is 2.26. The second-order valence-electron chi connectivity index (χ2n) is 5.93. The number of methoxy groups -OCH3 is 1. The Morgan fingerprint density at radius 1 is 1.45 bits per heavy atom. The normalized spacial score (nSPS) is 11.9. The van der Waals surface area contributed by atoms with Gasteiger partial charge in [-0.1, -0.05) is 17.7 Å². The number of halogens is 2. The third kappa shape index (κ3) is 4.48. The van der Waals surface area contributed by atoms with Crippen LogP contribution in [0.4, 0.5) is 16.0 Å². The van der Waals surface area contributed by atoms with Gasteiger partial charge in [0.15, 0.2) is 0 Å². The van der Waals surface area contributed by atoms with Crippen LogP contribution in [-0.4, -0.2) is 42.5 Å². The molecule has 3 rings (SSSR count). The molecule has 1 aromatic carbocycles. The van der Waals surface area contributed by atoms with Gasteiger partial charge in [0.1, 0.15) is 24.4 Å². The summed E-state index contributed by atoms with van der Waals surface area (Å²) in [5.41, 5.74) is 0.269. The van der Waals surface area contributed by atoms with E-state index in [4.69, 9.17) is 16.3 Å². The van der Waals surface area contributed by atoms with Crippen LogP contribution in [0.2, 0.25) is 5.02 Å². The minimum absolute atomic E-state index is 0.0219. The van der Waals surface area contributed by atoms with Crippen molar-refractivity contribution in [3.63, 3.8) is 0 Å². The number of carbonyl (C=O) groups excluding carboxylic acids is 1. The number of rotatable bonds is 7. The van der Waals surface area contributed by atoms with Crippen molar-refractivity contribution >= 4 is 29.1 Å². The molecule has 3 aromatic rings. The molecule has 2 aromatic heterocycles. The molecule has 0 fully saturated rings. The van der Waals surface area contributed by atoms with Crippen LogP contribution < -0.4 is 10.1 Å². The number of nitrogens with zero attached hydrogens (tertiary/aromatic N) is 6. The number of benzene rings is 1. The van der Waals surface area contributed by atoms with Crippen molar-refractivity contribution in [2.75, 3.05) is 12.4 Å². The van der Waals surface area contributed by atoms with Crippen molar-refractivity contribution < 1.29 is 18.8 Å². The molecule has 0 bridgehead atoms. The summed E-state index contributed by atoms with van der Waals surface area (Å²) in [6, 6.07) is 3.10. The maximum absolute atomic E-state index is 13.1. The van der Waals surface area contributed by atoms with E-state index in [1.807, 2.05) is 0 Å². The van der Waals surface area contributed by atoms with Crippen molar-refractivity contribution in [3.05, 3.63) is 57.2 Å². The fraction of sp³-hybridized carbons (Fsp3) is 0.250. The molecule has 0 aliphatic carbocycles. The molecule has 152 valence electrons. The third-order valence-electron chi connectivity index (χ3n) is 3.97. The molecule has 1 atom stereocenters. The molecule has 0 spiro atoms. The van der Waals surface area contributed by atoms with E-state index in [9.17, 15) is 19.3 Å². The van der Waals surface area contributed by atoms with E-state index in [1.54, 1.807) is 0 Å². The second kappa shape index (κ2) is 8.22. The van der Waals surface area contributed by atoms with Crippen LogP contribution in [0.5, 0.6) is 5.88 Å². The Kier molecular flexibility index (Phi) is 5.73. The molecular weight excluding hydrogens is 409 g/mol. The molecule has 0 aliphatic rings. The van der Waals surface area contributed by atoms with Gasteiger partial charge in [-0.2, -0.15) is 0 Å². The summed E-state index contributed by atoms with van der Waals surface area (Å²) in [5, 5.41) is 21.7. The van der Waals surface area contributed by atoms with Crippen LogP contribution in [0.15, 0.2) is 30.7 Å². The van der Waals surface area contributed by atoms with Gasteiger partial charge in [0.25, 0.3) is 5.91 Å². The van der Waals surface area contributed by atoms with Gasteiger partial charge in [0.05, 0.1) is 18.6 Å². The predicted octanol–water partition coefficient (Wildman–Crippen LogP) is 2.43. The van der Waals surface area contributed by atoms with Crippen LogP contribution in [-0.2, 0) is 11.3 Å². The van der Waals surface area contributed by atoms with E-state index >= 15 is 0 Å². The van der Waals surface area contributed by atoms with Crippen LogP contribution in [0.3, 0.4) is 0 Å². The zero-order valence-corrected chi connectivity index (χ0v) is 16.0. The number of hydrogen-bond donors (Lipinski definition) is 1. The standard InChI is InChI=1S/C16H15ClFN7O4/c1-9(24-7-13(25(27)28)15(21-24)29-2)14(26)20-16-19-8-23(22-16)6-10-3-4-11(18)5-12(10)17/h3-5,7-9H,6H2,1-2H3,(H,20,22,26). The lowest BCUT2D eigenvalue weighted by Crippen LogP contribution is -2.24. The minimum atomic E-state index is -0.893. The van der Waals surface area contributed by atoms with Gasteiger partial charge in [-0.05, 0) is 24.6 Å². The van der Waals surface area contributed by atoms with Crippen molar-refractivity contribution in [1.82, 2.24) is 24.5 Å². The zero-order chi connectivity index (χ0) is 21.1. The smallest absolute Gasteiger partial charge is 0.350 e. The summed E-state index contributed by atoms with van der Waals surface area (Å²) < 4.78 is 20.5. The fourth-order valence-corrected chi connectivity index (χ4v) is 2.65. The monoisotopic (exact) mass is 423 g/mol. The zero-order valence-electron chi connectivity index (χ0n) is 15.2. The Labute approximate surface area is 168 Å². The molecule has 1 N–H and O–H groups in total. The van der Waals surface area contributed by atoms with Crippen molar-refractivity contribution in [1.29, 1.82) is 0 Å². The highest BCUT2D eigenvalue weighted by atomic mass is 35.5. The van der Waals surface area contributed by atoms with Gasteiger partial charge in [0.2, 0.25) is 5.95 Å². The SMILES string of the molecule is COc1nn(C(C)C(=O)Nc2ncn(Cc3ccc(F)cc3Cl)n2)cc1[N+](=O)[O-]. The lowest BCUT2D eigenvalue weighted by Gasteiger charge is -2.10. The van der Waals surface area contributed by atoms with Crippen LogP contribution >= 0.6 is 11.6 Å². The number of ether oxygens (including phenoxy) is 1. The molecule has 0 saturated carbocycles. The van der Waals surface area contributed by atoms with E-state index < -0.39 is 22.7 Å². The highest BCUT2D eigenvalue weighted by molar-refractivity contribution is 6.31. The lowest BCUT2D eigenvalue weighted by molar-refractivity contribution is -0.385. The number of nitrogens with one attached hydrogen (secondary N) is 1. The number of anilines is 1. The largest absolute Gasteiger partial charge is 0.475 e. The Bertz CT molecular complexity index is 1070. The maximum atomic E-state index is 13.1. The van der Waals surface area contributed by atoms with Crippen molar-refractivity contribution in [3.8, 4) is 5.88 Å². The Morgan fingerprint density at radius 3 is 2.83 bits per heavy atom. The van der Waals surface area contributed by atoms with Gasteiger partial charge < -0.3 is 4.74 Å². The average Bonchev–Trinajstić information content (AvgIpc) is 3.30.